The highest BCUT2D eigenvalue weighted by Gasteiger charge is 2.39. The van der Waals surface area contributed by atoms with Crippen LogP contribution in [-0.2, 0) is 0 Å². The number of aromatic nitrogens is 3. The standard InChI is InChI=1S/C7H14N6O6/c8-3-10-4(9)12-5(11-3)13-7(18,19)2(14)1-6(15,16)17/h2,14-19H,1H2,(H5,8,9,10,11,12,13). The van der Waals surface area contributed by atoms with Crippen LogP contribution >= 0.6 is 0 Å². The maximum absolute atomic E-state index is 9.46. The molecular weight excluding hydrogens is 264 g/mol. The minimum atomic E-state index is -3.30. The van der Waals surface area contributed by atoms with E-state index in [1.165, 1.54) is 0 Å². The number of hydrogen-bond acceptors (Lipinski definition) is 12. The van der Waals surface area contributed by atoms with Gasteiger partial charge in [-0.2, -0.15) is 15.0 Å². The van der Waals surface area contributed by atoms with Gasteiger partial charge in [-0.1, -0.05) is 0 Å². The van der Waals surface area contributed by atoms with Crippen LogP contribution in [-0.4, -0.2) is 63.6 Å². The molecule has 0 fully saturated rings. The molecule has 11 N–H and O–H groups in total. The van der Waals surface area contributed by atoms with Crippen molar-refractivity contribution in [3.63, 3.8) is 0 Å². The number of hydrogen-bond donors (Lipinski definition) is 9. The molecule has 0 bridgehead atoms. The largest absolute Gasteiger partial charge is 0.385 e. The van der Waals surface area contributed by atoms with Gasteiger partial charge in [-0.3, -0.25) is 0 Å². The second-order valence-corrected chi connectivity index (χ2v) is 3.72. The summed E-state index contributed by atoms with van der Waals surface area (Å²) in [5.74, 6) is -7.50. The molecule has 0 spiro atoms. The van der Waals surface area contributed by atoms with Crippen LogP contribution in [0.1, 0.15) is 6.42 Å². The molecule has 0 aliphatic rings. The number of nitrogens with one attached hydrogen (secondary N) is 1. The lowest BCUT2D eigenvalue weighted by Gasteiger charge is -2.30. The third kappa shape index (κ3) is 4.74. The van der Waals surface area contributed by atoms with Gasteiger partial charge < -0.3 is 47.4 Å². The number of nitrogens with two attached hydrogens (primary N) is 2. The first-order valence-electron chi connectivity index (χ1n) is 4.85. The Morgan fingerprint density at radius 2 is 1.47 bits per heavy atom. The first-order valence-corrected chi connectivity index (χ1v) is 4.85. The summed E-state index contributed by atoms with van der Waals surface area (Å²) < 4.78 is 0. The predicted octanol–water partition coefficient (Wildman–Crippen LogP) is -4.53. The van der Waals surface area contributed by atoms with Crippen LogP contribution in [0, 0.1) is 0 Å². The number of anilines is 3. The Balaban J connectivity index is 2.83. The van der Waals surface area contributed by atoms with Gasteiger partial charge in [-0.05, 0) is 0 Å². The van der Waals surface area contributed by atoms with Crippen LogP contribution in [0.3, 0.4) is 0 Å². The minimum absolute atomic E-state index is 0.318. The van der Waals surface area contributed by atoms with Gasteiger partial charge in [0.1, 0.15) is 6.10 Å². The Morgan fingerprint density at radius 1 is 1.00 bits per heavy atom. The van der Waals surface area contributed by atoms with Gasteiger partial charge >= 0.3 is 0 Å². The number of rotatable bonds is 5. The van der Waals surface area contributed by atoms with E-state index >= 15 is 0 Å². The quantitative estimate of drug-likeness (QED) is 0.232. The molecule has 1 aromatic rings. The van der Waals surface area contributed by atoms with E-state index in [-0.39, 0.29) is 11.9 Å². The van der Waals surface area contributed by atoms with Crippen molar-refractivity contribution in [2.24, 2.45) is 0 Å². The van der Waals surface area contributed by atoms with Crippen molar-refractivity contribution in [3.05, 3.63) is 0 Å². The van der Waals surface area contributed by atoms with Gasteiger partial charge in [0, 0.05) is 0 Å². The van der Waals surface area contributed by atoms with E-state index in [0.29, 0.717) is 0 Å². The second-order valence-electron chi connectivity index (χ2n) is 3.72. The molecule has 0 saturated carbocycles. The molecule has 1 heterocycles. The van der Waals surface area contributed by atoms with Gasteiger partial charge in [0.2, 0.25) is 17.8 Å². The lowest BCUT2D eigenvalue weighted by molar-refractivity contribution is -0.338. The maximum Gasteiger partial charge on any atom is 0.278 e. The van der Waals surface area contributed by atoms with Gasteiger partial charge in [0.15, 0.2) is 0 Å². The van der Waals surface area contributed by atoms with E-state index in [0.717, 1.165) is 0 Å². The molecule has 1 aromatic heterocycles. The van der Waals surface area contributed by atoms with Gasteiger partial charge in [0.25, 0.3) is 11.9 Å². The van der Waals surface area contributed by atoms with Crippen molar-refractivity contribution >= 4 is 17.8 Å². The molecule has 0 saturated heterocycles. The van der Waals surface area contributed by atoms with Gasteiger partial charge in [-0.25, -0.2) is 0 Å². The van der Waals surface area contributed by atoms with E-state index in [1.54, 1.807) is 0 Å². The average Bonchev–Trinajstić information content (AvgIpc) is 2.11. The van der Waals surface area contributed by atoms with E-state index in [9.17, 15) is 15.3 Å². The van der Waals surface area contributed by atoms with Crippen LogP contribution in [0.25, 0.3) is 0 Å². The smallest absolute Gasteiger partial charge is 0.278 e. The molecule has 19 heavy (non-hydrogen) atoms. The summed E-state index contributed by atoms with van der Waals surface area (Å²) in [6.07, 6.45) is -3.39. The zero-order valence-electron chi connectivity index (χ0n) is 9.46. The van der Waals surface area contributed by atoms with Crippen molar-refractivity contribution in [3.8, 4) is 0 Å². The SMILES string of the molecule is Nc1nc(N)nc(NC(O)(O)C(O)CC(O)(O)O)n1. The Labute approximate surface area is 106 Å². The summed E-state index contributed by atoms with van der Waals surface area (Å²) in [6, 6.07) is 0. The maximum atomic E-state index is 9.46. The fourth-order valence-corrected chi connectivity index (χ4v) is 1.11. The number of aliphatic hydroxyl groups is 6. The zero-order valence-corrected chi connectivity index (χ0v) is 9.46. The third-order valence-corrected chi connectivity index (χ3v) is 1.90. The van der Waals surface area contributed by atoms with Crippen molar-refractivity contribution < 1.29 is 30.6 Å². The first kappa shape index (κ1) is 15.2. The molecule has 1 atom stereocenters. The molecule has 12 nitrogen and oxygen atoms in total. The van der Waals surface area contributed by atoms with Crippen LogP contribution < -0.4 is 16.8 Å². The fourth-order valence-electron chi connectivity index (χ4n) is 1.11. The highest BCUT2D eigenvalue weighted by molar-refractivity contribution is 5.38. The highest BCUT2D eigenvalue weighted by Crippen LogP contribution is 2.17. The average molecular weight is 278 g/mol. The van der Waals surface area contributed by atoms with Gasteiger partial charge in [-0.15, -0.1) is 0 Å². The van der Waals surface area contributed by atoms with Crippen LogP contribution in [0.2, 0.25) is 0 Å². The van der Waals surface area contributed by atoms with Crippen LogP contribution in [0.4, 0.5) is 17.8 Å². The molecule has 1 rings (SSSR count). The highest BCUT2D eigenvalue weighted by atomic mass is 16.7. The topological polar surface area (TPSA) is 224 Å². The van der Waals surface area contributed by atoms with E-state index in [1.807, 2.05) is 5.32 Å². The summed E-state index contributed by atoms with van der Waals surface area (Å²) in [4.78, 5) is 10.3. The molecular formula is C7H14N6O6. The first-order chi connectivity index (χ1) is 8.49. The Morgan fingerprint density at radius 3 is 1.89 bits per heavy atom. The molecule has 0 radical (unpaired) electrons. The summed E-state index contributed by atoms with van der Waals surface area (Å²) in [5.41, 5.74) is 10.5. The van der Waals surface area contributed by atoms with Crippen molar-refractivity contribution in [2.45, 2.75) is 24.4 Å². The molecule has 0 aromatic carbocycles. The number of aliphatic hydroxyl groups excluding tert-OH is 1. The Kier molecular flexibility index (Phi) is 4.04. The van der Waals surface area contributed by atoms with E-state index in [2.05, 4.69) is 15.0 Å². The lowest BCUT2D eigenvalue weighted by Crippen LogP contribution is -2.53. The van der Waals surface area contributed by atoms with Crippen molar-refractivity contribution in [1.82, 2.24) is 15.0 Å². The summed E-state index contributed by atoms with van der Waals surface area (Å²) in [6.45, 7) is 0. The third-order valence-electron chi connectivity index (χ3n) is 1.90. The van der Waals surface area contributed by atoms with E-state index in [4.69, 9.17) is 26.8 Å². The summed E-state index contributed by atoms with van der Waals surface area (Å²) >= 11 is 0. The number of nitrogen functional groups attached to an aromatic ring is 2. The Bertz CT molecular complexity index is 428. The Hall–Kier alpha value is -1.83. The predicted molar refractivity (Wildman–Crippen MR) is 59.5 cm³/mol. The monoisotopic (exact) mass is 278 g/mol. The summed E-state index contributed by atoms with van der Waals surface area (Å²) in [7, 11) is 0. The van der Waals surface area contributed by atoms with Gasteiger partial charge in [0.05, 0.1) is 6.42 Å². The lowest BCUT2D eigenvalue weighted by atomic mass is 10.1. The number of nitrogens with zero attached hydrogens (tertiary/aromatic N) is 3. The molecule has 12 heteroatoms. The molecule has 0 aliphatic heterocycles. The minimum Gasteiger partial charge on any atom is -0.385 e. The fraction of sp³-hybridized carbons (Fsp3) is 0.571. The second kappa shape index (κ2) is 5.04. The molecule has 108 valence electrons. The van der Waals surface area contributed by atoms with Crippen LogP contribution in [0.15, 0.2) is 0 Å². The van der Waals surface area contributed by atoms with E-state index < -0.39 is 30.4 Å². The normalized spacial score (nSPS) is 14.2. The van der Waals surface area contributed by atoms with Crippen molar-refractivity contribution in [2.75, 3.05) is 16.8 Å². The molecule has 0 amide bonds. The van der Waals surface area contributed by atoms with Crippen LogP contribution in [0.5, 0.6) is 0 Å². The zero-order chi connectivity index (χ0) is 14.8. The molecule has 0 aliphatic carbocycles. The molecule has 1 unspecified atom stereocenters. The van der Waals surface area contributed by atoms with Crippen molar-refractivity contribution in [1.29, 1.82) is 0 Å². The summed E-state index contributed by atoms with van der Waals surface area (Å²) in [5, 5.41) is 56.0.